The minimum atomic E-state index is -0.475. The van der Waals surface area contributed by atoms with Crippen LogP contribution >= 0.6 is 0 Å². The molecule has 1 aliphatic heterocycles. The third-order valence-corrected chi connectivity index (χ3v) is 5.20. The summed E-state index contributed by atoms with van der Waals surface area (Å²) in [6, 6.07) is 1.96. The lowest BCUT2D eigenvalue weighted by molar-refractivity contribution is 0.0743. The highest BCUT2D eigenvalue weighted by Crippen LogP contribution is 2.40. The first-order chi connectivity index (χ1) is 12.7. The van der Waals surface area contributed by atoms with Crippen LogP contribution < -0.4 is 0 Å². The minimum absolute atomic E-state index is 0.0204. The van der Waals surface area contributed by atoms with E-state index in [1.807, 2.05) is 15.6 Å². The maximum absolute atomic E-state index is 13.1. The van der Waals surface area contributed by atoms with Gasteiger partial charge in [-0.25, -0.2) is 9.97 Å². The van der Waals surface area contributed by atoms with Crippen LogP contribution in [0.4, 0.5) is 0 Å². The molecule has 1 amide bonds. The molecule has 1 aliphatic carbocycles. The van der Waals surface area contributed by atoms with Gasteiger partial charge in [-0.1, -0.05) is 13.3 Å². The van der Waals surface area contributed by atoms with Crippen molar-refractivity contribution in [1.29, 1.82) is 0 Å². The molecule has 1 N–H and O–H groups in total. The third-order valence-electron chi connectivity index (χ3n) is 5.20. The van der Waals surface area contributed by atoms with Crippen molar-refractivity contribution in [3.8, 4) is 0 Å². The Bertz CT molecular complexity index is 799. The van der Waals surface area contributed by atoms with Gasteiger partial charge in [-0.05, 0) is 37.7 Å². The largest absolute Gasteiger partial charge is 0.386 e. The molecule has 4 rings (SSSR count). The van der Waals surface area contributed by atoms with Crippen LogP contribution in [0, 0.1) is 5.92 Å². The molecule has 7 nitrogen and oxygen atoms in total. The summed E-state index contributed by atoms with van der Waals surface area (Å²) in [5, 5.41) is 14.9. The molecule has 0 radical (unpaired) electrons. The Balaban J connectivity index is 1.56. The van der Waals surface area contributed by atoms with E-state index in [-0.39, 0.29) is 5.91 Å². The number of aromatic nitrogens is 4. The molecule has 138 valence electrons. The van der Waals surface area contributed by atoms with Gasteiger partial charge < -0.3 is 10.0 Å². The summed E-state index contributed by atoms with van der Waals surface area (Å²) in [6.07, 6.45) is 7.35. The zero-order chi connectivity index (χ0) is 18.1. The van der Waals surface area contributed by atoms with Crippen LogP contribution in [0.2, 0.25) is 0 Å². The quantitative estimate of drug-likeness (QED) is 0.888. The average molecular weight is 355 g/mol. The highest BCUT2D eigenvalue weighted by atomic mass is 16.3. The second-order valence-electron chi connectivity index (χ2n) is 7.28. The zero-order valence-electron chi connectivity index (χ0n) is 15.1. The van der Waals surface area contributed by atoms with Gasteiger partial charge in [0.15, 0.2) is 0 Å². The van der Waals surface area contributed by atoms with Crippen molar-refractivity contribution in [3.63, 3.8) is 0 Å². The van der Waals surface area contributed by atoms with Gasteiger partial charge in [0.2, 0.25) is 0 Å². The number of carbonyl (C=O) groups excluding carboxylic acids is 1. The normalized spacial score (nSPS) is 18.3. The van der Waals surface area contributed by atoms with Crippen molar-refractivity contribution in [3.05, 3.63) is 41.2 Å². The van der Waals surface area contributed by atoms with Gasteiger partial charge in [-0.15, -0.1) is 0 Å². The molecule has 1 saturated carbocycles. The minimum Gasteiger partial charge on any atom is -0.386 e. The van der Waals surface area contributed by atoms with Gasteiger partial charge in [0.05, 0.1) is 29.2 Å². The van der Waals surface area contributed by atoms with Gasteiger partial charge in [0.1, 0.15) is 12.4 Å². The molecule has 2 aromatic heterocycles. The number of hydrogen-bond acceptors (Lipinski definition) is 5. The molecular weight excluding hydrogens is 330 g/mol. The van der Waals surface area contributed by atoms with Crippen molar-refractivity contribution < 1.29 is 9.90 Å². The number of fused-ring (bicyclic) bond motifs is 1. The molecule has 0 bridgehead atoms. The Morgan fingerprint density at radius 1 is 1.38 bits per heavy atom. The van der Waals surface area contributed by atoms with Gasteiger partial charge in [0.25, 0.3) is 5.91 Å². The first-order valence-electron chi connectivity index (χ1n) is 9.50. The molecule has 3 heterocycles. The molecule has 0 aromatic carbocycles. The molecular formula is C19H25N5O2. The number of hydrogen-bond donors (Lipinski definition) is 1. The molecule has 0 saturated heterocycles. The Morgan fingerprint density at radius 3 is 3.00 bits per heavy atom. The lowest BCUT2D eigenvalue weighted by Crippen LogP contribution is -2.31. The zero-order valence-corrected chi connectivity index (χ0v) is 15.1. The van der Waals surface area contributed by atoms with Crippen LogP contribution in [0.25, 0.3) is 0 Å². The summed E-state index contributed by atoms with van der Waals surface area (Å²) in [7, 11) is 0. The SMILES string of the molecule is CCCc1ncncc1C(=O)N1CCCn2nc(C(O)C3CC3)cc2C1. The smallest absolute Gasteiger partial charge is 0.257 e. The third kappa shape index (κ3) is 3.35. The molecule has 0 spiro atoms. The fourth-order valence-corrected chi connectivity index (χ4v) is 3.60. The Kier molecular flexibility index (Phi) is 4.72. The van der Waals surface area contributed by atoms with Gasteiger partial charge in [-0.2, -0.15) is 5.10 Å². The number of carbonyl (C=O) groups is 1. The van der Waals surface area contributed by atoms with E-state index >= 15 is 0 Å². The Morgan fingerprint density at radius 2 is 2.23 bits per heavy atom. The highest BCUT2D eigenvalue weighted by molar-refractivity contribution is 5.95. The standard InChI is InChI=1S/C19H25N5O2/c1-2-4-16-15(10-20-12-21-16)19(26)23-7-3-8-24-14(11-23)9-17(22-24)18(25)13-5-6-13/h9-10,12-13,18,25H,2-8,11H2,1H3. The molecule has 2 aromatic rings. The van der Waals surface area contributed by atoms with Gasteiger partial charge in [0, 0.05) is 19.3 Å². The lowest BCUT2D eigenvalue weighted by atomic mass is 10.1. The molecule has 2 aliphatic rings. The number of nitrogens with zero attached hydrogens (tertiary/aromatic N) is 5. The van der Waals surface area contributed by atoms with E-state index < -0.39 is 6.10 Å². The number of amides is 1. The monoisotopic (exact) mass is 355 g/mol. The fraction of sp³-hybridized carbons (Fsp3) is 0.579. The van der Waals surface area contributed by atoms with E-state index in [0.29, 0.717) is 24.6 Å². The lowest BCUT2D eigenvalue weighted by Gasteiger charge is -2.21. The molecule has 1 atom stereocenters. The maximum atomic E-state index is 13.1. The van der Waals surface area contributed by atoms with E-state index in [1.165, 1.54) is 6.33 Å². The Hall–Kier alpha value is -2.28. The predicted octanol–water partition coefficient (Wildman–Crippen LogP) is 2.12. The Labute approximate surface area is 153 Å². The second-order valence-corrected chi connectivity index (χ2v) is 7.28. The van der Waals surface area contributed by atoms with Crippen molar-refractivity contribution in [1.82, 2.24) is 24.6 Å². The second kappa shape index (κ2) is 7.15. The van der Waals surface area contributed by atoms with Crippen LogP contribution in [0.15, 0.2) is 18.6 Å². The van der Waals surface area contributed by atoms with Crippen molar-refractivity contribution in [2.75, 3.05) is 6.54 Å². The van der Waals surface area contributed by atoms with E-state index in [2.05, 4.69) is 22.0 Å². The molecule has 1 fully saturated rings. The van der Waals surface area contributed by atoms with Crippen LogP contribution in [0.3, 0.4) is 0 Å². The first-order valence-corrected chi connectivity index (χ1v) is 9.50. The summed E-state index contributed by atoms with van der Waals surface area (Å²) >= 11 is 0. The van der Waals surface area contributed by atoms with E-state index in [9.17, 15) is 9.90 Å². The van der Waals surface area contributed by atoms with Crippen molar-refractivity contribution in [2.24, 2.45) is 5.92 Å². The number of aliphatic hydroxyl groups excluding tert-OH is 1. The van der Waals surface area contributed by atoms with E-state index in [0.717, 1.165) is 55.7 Å². The van der Waals surface area contributed by atoms with Gasteiger partial charge >= 0.3 is 0 Å². The van der Waals surface area contributed by atoms with Crippen LogP contribution in [0.5, 0.6) is 0 Å². The number of aliphatic hydroxyl groups is 1. The number of aryl methyl sites for hydroxylation is 2. The van der Waals surface area contributed by atoms with Crippen LogP contribution in [0.1, 0.15) is 66.2 Å². The summed E-state index contributed by atoms with van der Waals surface area (Å²) in [5.74, 6) is 0.331. The topological polar surface area (TPSA) is 84.1 Å². The molecule has 26 heavy (non-hydrogen) atoms. The van der Waals surface area contributed by atoms with Crippen LogP contribution in [-0.4, -0.2) is 42.2 Å². The first kappa shape index (κ1) is 17.1. The fourth-order valence-electron chi connectivity index (χ4n) is 3.60. The van der Waals surface area contributed by atoms with E-state index in [4.69, 9.17) is 0 Å². The molecule has 1 unspecified atom stereocenters. The highest BCUT2D eigenvalue weighted by Gasteiger charge is 2.33. The maximum Gasteiger partial charge on any atom is 0.257 e. The summed E-state index contributed by atoms with van der Waals surface area (Å²) in [5.41, 5.74) is 3.14. The van der Waals surface area contributed by atoms with E-state index in [1.54, 1.807) is 6.20 Å². The van der Waals surface area contributed by atoms with Crippen molar-refractivity contribution in [2.45, 2.75) is 58.2 Å². The number of rotatable bonds is 5. The van der Waals surface area contributed by atoms with Crippen molar-refractivity contribution >= 4 is 5.91 Å². The summed E-state index contributed by atoms with van der Waals surface area (Å²) in [4.78, 5) is 23.3. The van der Waals surface area contributed by atoms with Crippen LogP contribution in [-0.2, 0) is 19.5 Å². The summed E-state index contributed by atoms with van der Waals surface area (Å²) in [6.45, 7) is 4.03. The average Bonchev–Trinajstić information content (AvgIpc) is 3.45. The molecule has 7 heteroatoms. The predicted molar refractivity (Wildman–Crippen MR) is 95.3 cm³/mol. The van der Waals surface area contributed by atoms with Gasteiger partial charge in [-0.3, -0.25) is 9.48 Å². The summed E-state index contributed by atoms with van der Waals surface area (Å²) < 4.78 is 1.95.